The Labute approximate surface area is 113 Å². The molecule has 0 amide bonds. The van der Waals surface area contributed by atoms with Gasteiger partial charge in [-0.1, -0.05) is 18.2 Å². The molecule has 0 saturated heterocycles. The molecular formula is C14H19N3S. The third-order valence-electron chi connectivity index (χ3n) is 2.94. The van der Waals surface area contributed by atoms with E-state index in [-0.39, 0.29) is 0 Å². The highest BCUT2D eigenvalue weighted by Gasteiger charge is 2.02. The molecular weight excluding hydrogens is 242 g/mol. The molecule has 18 heavy (non-hydrogen) atoms. The van der Waals surface area contributed by atoms with Crippen LogP contribution in [0.5, 0.6) is 0 Å². The topological polar surface area (TPSA) is 29.9 Å². The van der Waals surface area contributed by atoms with E-state index in [0.29, 0.717) is 0 Å². The lowest BCUT2D eigenvalue weighted by molar-refractivity contribution is 0.713. The van der Waals surface area contributed by atoms with Crippen LogP contribution in [-0.2, 0) is 13.6 Å². The highest BCUT2D eigenvalue weighted by Crippen LogP contribution is 2.15. The lowest BCUT2D eigenvalue weighted by Gasteiger charge is -2.04. The highest BCUT2D eigenvalue weighted by molar-refractivity contribution is 7.99. The van der Waals surface area contributed by atoms with Gasteiger partial charge in [0.1, 0.15) is 0 Å². The van der Waals surface area contributed by atoms with Gasteiger partial charge in [0.2, 0.25) is 0 Å². The molecule has 0 unspecified atom stereocenters. The Morgan fingerprint density at radius 3 is 2.72 bits per heavy atom. The molecule has 0 aliphatic carbocycles. The van der Waals surface area contributed by atoms with Crippen LogP contribution in [0.3, 0.4) is 0 Å². The van der Waals surface area contributed by atoms with E-state index in [1.165, 1.54) is 16.2 Å². The lowest BCUT2D eigenvalue weighted by atomic mass is 10.2. The molecule has 1 aromatic carbocycles. The van der Waals surface area contributed by atoms with Crippen LogP contribution in [0.15, 0.2) is 41.4 Å². The first kappa shape index (κ1) is 13.2. The second kappa shape index (κ2) is 6.61. The summed E-state index contributed by atoms with van der Waals surface area (Å²) in [7, 11) is 1.98. The average molecular weight is 261 g/mol. The molecule has 2 aromatic rings. The molecule has 1 N–H and O–H groups in total. The van der Waals surface area contributed by atoms with Crippen molar-refractivity contribution in [3.05, 3.63) is 47.8 Å². The second-order valence-electron chi connectivity index (χ2n) is 4.22. The fraction of sp³-hybridized carbons (Fsp3) is 0.357. The third kappa shape index (κ3) is 3.62. The van der Waals surface area contributed by atoms with Crippen LogP contribution in [0, 0.1) is 6.92 Å². The van der Waals surface area contributed by atoms with Gasteiger partial charge in [0.15, 0.2) is 0 Å². The highest BCUT2D eigenvalue weighted by atomic mass is 32.2. The molecule has 0 spiro atoms. The van der Waals surface area contributed by atoms with Gasteiger partial charge < -0.3 is 5.32 Å². The number of rotatable bonds is 6. The van der Waals surface area contributed by atoms with Gasteiger partial charge in [-0.25, -0.2) is 0 Å². The van der Waals surface area contributed by atoms with E-state index in [2.05, 4.69) is 41.6 Å². The summed E-state index contributed by atoms with van der Waals surface area (Å²) in [6.07, 6.45) is 1.94. The van der Waals surface area contributed by atoms with Crippen molar-refractivity contribution in [2.24, 2.45) is 7.05 Å². The number of aryl methyl sites for hydroxylation is 1. The minimum Gasteiger partial charge on any atom is -0.312 e. The zero-order chi connectivity index (χ0) is 12.8. The van der Waals surface area contributed by atoms with E-state index in [9.17, 15) is 0 Å². The normalized spacial score (nSPS) is 10.8. The standard InChI is InChI=1S/C14H19N3S/c1-12-13(11-16-17(12)2)10-15-8-9-18-14-6-4-3-5-7-14/h3-7,11,15H,8-10H2,1-2H3. The molecule has 2 rings (SSSR count). The van der Waals surface area contributed by atoms with Crippen LogP contribution in [0.4, 0.5) is 0 Å². The van der Waals surface area contributed by atoms with Gasteiger partial charge in [0, 0.05) is 42.0 Å². The summed E-state index contributed by atoms with van der Waals surface area (Å²) in [6, 6.07) is 10.5. The minimum absolute atomic E-state index is 0.898. The Balaban J connectivity index is 1.66. The zero-order valence-corrected chi connectivity index (χ0v) is 11.7. The van der Waals surface area contributed by atoms with E-state index in [4.69, 9.17) is 0 Å². The molecule has 0 aliphatic heterocycles. The maximum Gasteiger partial charge on any atom is 0.0537 e. The van der Waals surface area contributed by atoms with E-state index in [0.717, 1.165) is 18.8 Å². The molecule has 1 heterocycles. The van der Waals surface area contributed by atoms with Crippen molar-refractivity contribution in [2.75, 3.05) is 12.3 Å². The first-order valence-corrected chi connectivity index (χ1v) is 7.12. The number of thioether (sulfide) groups is 1. The second-order valence-corrected chi connectivity index (χ2v) is 5.39. The predicted molar refractivity (Wildman–Crippen MR) is 76.8 cm³/mol. The summed E-state index contributed by atoms with van der Waals surface area (Å²) in [5.74, 6) is 1.09. The number of aromatic nitrogens is 2. The molecule has 0 bridgehead atoms. The molecule has 96 valence electrons. The van der Waals surface area contributed by atoms with Crippen molar-refractivity contribution in [1.29, 1.82) is 0 Å². The average Bonchev–Trinajstić information content (AvgIpc) is 2.71. The quantitative estimate of drug-likeness (QED) is 0.640. The number of hydrogen-bond acceptors (Lipinski definition) is 3. The van der Waals surface area contributed by atoms with E-state index in [1.54, 1.807) is 0 Å². The van der Waals surface area contributed by atoms with Crippen molar-refractivity contribution in [3.63, 3.8) is 0 Å². The first-order valence-electron chi connectivity index (χ1n) is 6.13. The number of nitrogens with zero attached hydrogens (tertiary/aromatic N) is 2. The molecule has 0 aliphatic rings. The van der Waals surface area contributed by atoms with Crippen molar-refractivity contribution < 1.29 is 0 Å². The number of benzene rings is 1. The first-order chi connectivity index (χ1) is 8.77. The van der Waals surface area contributed by atoms with Crippen molar-refractivity contribution in [2.45, 2.75) is 18.4 Å². The minimum atomic E-state index is 0.898. The Kier molecular flexibility index (Phi) is 4.84. The maximum atomic E-state index is 4.23. The Morgan fingerprint density at radius 2 is 2.06 bits per heavy atom. The van der Waals surface area contributed by atoms with Gasteiger partial charge in [-0.05, 0) is 19.1 Å². The summed E-state index contributed by atoms with van der Waals surface area (Å²) in [6.45, 7) is 4.01. The maximum absolute atomic E-state index is 4.23. The lowest BCUT2D eigenvalue weighted by Crippen LogP contribution is -2.16. The van der Waals surface area contributed by atoms with Crippen LogP contribution >= 0.6 is 11.8 Å². The van der Waals surface area contributed by atoms with E-state index >= 15 is 0 Å². The molecule has 0 saturated carbocycles. The van der Waals surface area contributed by atoms with Crippen LogP contribution in [0.2, 0.25) is 0 Å². The van der Waals surface area contributed by atoms with Crippen LogP contribution in [-0.4, -0.2) is 22.1 Å². The van der Waals surface area contributed by atoms with Crippen LogP contribution in [0.25, 0.3) is 0 Å². The molecule has 4 heteroatoms. The van der Waals surface area contributed by atoms with Gasteiger partial charge in [0.05, 0.1) is 6.20 Å². The summed E-state index contributed by atoms with van der Waals surface area (Å²) >= 11 is 1.88. The molecule has 0 atom stereocenters. The molecule has 0 radical (unpaired) electrons. The van der Waals surface area contributed by atoms with E-state index in [1.807, 2.05) is 35.8 Å². The fourth-order valence-electron chi connectivity index (χ4n) is 1.70. The van der Waals surface area contributed by atoms with Gasteiger partial charge in [-0.2, -0.15) is 5.10 Å². The van der Waals surface area contributed by atoms with Gasteiger partial charge in [-0.15, -0.1) is 11.8 Å². The molecule has 1 aromatic heterocycles. The van der Waals surface area contributed by atoms with Crippen LogP contribution in [0.1, 0.15) is 11.3 Å². The van der Waals surface area contributed by atoms with Crippen molar-refractivity contribution >= 4 is 11.8 Å². The third-order valence-corrected chi connectivity index (χ3v) is 3.96. The SMILES string of the molecule is Cc1c(CNCCSc2ccccc2)cnn1C. The van der Waals surface area contributed by atoms with Crippen molar-refractivity contribution in [3.8, 4) is 0 Å². The van der Waals surface area contributed by atoms with Crippen LogP contribution < -0.4 is 5.32 Å². The smallest absolute Gasteiger partial charge is 0.0537 e. The summed E-state index contributed by atoms with van der Waals surface area (Å²) < 4.78 is 1.91. The summed E-state index contributed by atoms with van der Waals surface area (Å²) in [4.78, 5) is 1.33. The Morgan fingerprint density at radius 1 is 1.28 bits per heavy atom. The van der Waals surface area contributed by atoms with Gasteiger partial charge in [0.25, 0.3) is 0 Å². The number of hydrogen-bond donors (Lipinski definition) is 1. The Hall–Kier alpha value is -1.26. The Bertz CT molecular complexity index is 479. The summed E-state index contributed by atoms with van der Waals surface area (Å²) in [5, 5.41) is 7.69. The predicted octanol–water partition coefficient (Wildman–Crippen LogP) is 2.61. The monoisotopic (exact) mass is 261 g/mol. The molecule has 0 fully saturated rings. The van der Waals surface area contributed by atoms with Gasteiger partial charge >= 0.3 is 0 Å². The van der Waals surface area contributed by atoms with E-state index < -0.39 is 0 Å². The van der Waals surface area contributed by atoms with Crippen molar-refractivity contribution in [1.82, 2.24) is 15.1 Å². The van der Waals surface area contributed by atoms with Gasteiger partial charge in [-0.3, -0.25) is 4.68 Å². The number of nitrogens with one attached hydrogen (secondary N) is 1. The largest absolute Gasteiger partial charge is 0.312 e. The zero-order valence-electron chi connectivity index (χ0n) is 10.9. The fourth-order valence-corrected chi connectivity index (χ4v) is 2.53. The molecule has 3 nitrogen and oxygen atoms in total. The summed E-state index contributed by atoms with van der Waals surface area (Å²) in [5.41, 5.74) is 2.51.